The van der Waals surface area contributed by atoms with Gasteiger partial charge >= 0.3 is 11.9 Å². The summed E-state index contributed by atoms with van der Waals surface area (Å²) in [6.07, 6.45) is 5.71. The first-order valence-electron chi connectivity index (χ1n) is 4.06. The van der Waals surface area contributed by atoms with Crippen molar-refractivity contribution >= 4 is 11.9 Å². The molecular weight excluding hydrogens is 275 g/mol. The van der Waals surface area contributed by atoms with E-state index in [4.69, 9.17) is 10.2 Å². The van der Waals surface area contributed by atoms with Gasteiger partial charge in [0.1, 0.15) is 0 Å². The number of carbonyl (C=O) groups is 2. The minimum atomic E-state index is -1.03. The van der Waals surface area contributed by atoms with Crippen LogP contribution in [-0.2, 0) is 16.8 Å². The summed E-state index contributed by atoms with van der Waals surface area (Å²) in [5, 5.41) is 16.4. The number of H-pyrrole nitrogens is 2. The number of imidazole rings is 2. The second-order valence-electron chi connectivity index (χ2n) is 2.49. The normalized spacial score (nSPS) is 8.47. The number of aromatic amines is 2. The molecule has 4 N–H and O–H groups in total. The van der Waals surface area contributed by atoms with E-state index in [2.05, 4.69) is 19.9 Å². The maximum atomic E-state index is 9.97. The number of aromatic carboxylic acids is 2. The Hall–Kier alpha value is -2.13. The van der Waals surface area contributed by atoms with Crippen LogP contribution in [0.1, 0.15) is 21.2 Å². The standard InChI is InChI=1S/2C4H4N2O2.Co/c2*7-4(8)3-5-1-2-6-3;/h2*1-2H,(H,5,6)(H,7,8);. The first kappa shape index (κ1) is 14.9. The molecule has 0 bridgehead atoms. The van der Waals surface area contributed by atoms with Gasteiger partial charge in [-0.1, -0.05) is 0 Å². The number of carboxylic acids is 2. The number of rotatable bonds is 2. The monoisotopic (exact) mass is 283 g/mol. The van der Waals surface area contributed by atoms with Crippen LogP contribution < -0.4 is 0 Å². The Morgan fingerprint density at radius 1 is 0.941 bits per heavy atom. The Morgan fingerprint density at radius 3 is 1.41 bits per heavy atom. The molecule has 0 aliphatic rings. The van der Waals surface area contributed by atoms with Crippen molar-refractivity contribution in [2.75, 3.05) is 0 Å². The molecule has 2 heterocycles. The molecule has 2 aromatic heterocycles. The molecule has 0 aliphatic heterocycles. The summed E-state index contributed by atoms with van der Waals surface area (Å²) in [7, 11) is 0. The predicted octanol–water partition coefficient (Wildman–Crippen LogP) is 0.213. The van der Waals surface area contributed by atoms with Gasteiger partial charge < -0.3 is 20.2 Å². The predicted molar refractivity (Wildman–Crippen MR) is 51.1 cm³/mol. The molecule has 8 nitrogen and oxygen atoms in total. The summed E-state index contributed by atoms with van der Waals surface area (Å²) >= 11 is 0. The molecule has 0 atom stereocenters. The number of aromatic nitrogens is 4. The molecule has 0 aromatic carbocycles. The number of nitrogens with zero attached hydrogens (tertiary/aromatic N) is 2. The molecule has 0 spiro atoms. The Labute approximate surface area is 105 Å². The van der Waals surface area contributed by atoms with Crippen LogP contribution in [0.4, 0.5) is 0 Å². The molecule has 0 amide bonds. The molecule has 0 unspecified atom stereocenters. The summed E-state index contributed by atoms with van der Waals surface area (Å²) in [5.41, 5.74) is 0. The fraction of sp³-hybridized carbons (Fsp3) is 0. The number of hydrogen-bond acceptors (Lipinski definition) is 4. The van der Waals surface area contributed by atoms with Crippen LogP contribution in [0.15, 0.2) is 24.8 Å². The maximum absolute atomic E-state index is 9.97. The van der Waals surface area contributed by atoms with E-state index in [1.165, 1.54) is 24.8 Å². The average Bonchev–Trinajstić information content (AvgIpc) is 2.93. The fourth-order valence-electron chi connectivity index (χ4n) is 0.764. The van der Waals surface area contributed by atoms with Crippen LogP contribution in [0.5, 0.6) is 0 Å². The average molecular weight is 283 g/mol. The minimum absolute atomic E-state index is 0. The van der Waals surface area contributed by atoms with Crippen molar-refractivity contribution in [2.45, 2.75) is 0 Å². The van der Waals surface area contributed by atoms with Crippen LogP contribution in [-0.4, -0.2) is 42.1 Å². The van der Waals surface area contributed by atoms with Gasteiger partial charge in [-0.2, -0.15) is 0 Å². The fourth-order valence-corrected chi connectivity index (χ4v) is 0.764. The van der Waals surface area contributed by atoms with E-state index in [0.717, 1.165) is 0 Å². The largest absolute Gasteiger partial charge is 0.475 e. The Kier molecular flexibility index (Phi) is 6.29. The van der Waals surface area contributed by atoms with E-state index in [0.29, 0.717) is 0 Å². The van der Waals surface area contributed by atoms with Crippen LogP contribution >= 0.6 is 0 Å². The zero-order chi connectivity index (χ0) is 12.0. The van der Waals surface area contributed by atoms with E-state index in [1.54, 1.807) is 0 Å². The van der Waals surface area contributed by atoms with Crippen molar-refractivity contribution in [3.05, 3.63) is 36.4 Å². The third kappa shape index (κ3) is 4.95. The molecule has 0 saturated heterocycles. The summed E-state index contributed by atoms with van der Waals surface area (Å²) in [6.45, 7) is 0. The summed E-state index contributed by atoms with van der Waals surface area (Å²) < 4.78 is 0. The molecule has 2 rings (SSSR count). The van der Waals surface area contributed by atoms with Crippen molar-refractivity contribution in [3.8, 4) is 0 Å². The Balaban J connectivity index is 0.000000284. The van der Waals surface area contributed by atoms with E-state index < -0.39 is 11.9 Å². The summed E-state index contributed by atoms with van der Waals surface area (Å²) in [4.78, 5) is 31.7. The molecule has 0 aliphatic carbocycles. The van der Waals surface area contributed by atoms with E-state index in [9.17, 15) is 9.59 Å². The van der Waals surface area contributed by atoms with Crippen LogP contribution in [0.3, 0.4) is 0 Å². The third-order valence-electron chi connectivity index (χ3n) is 1.40. The van der Waals surface area contributed by atoms with Gasteiger partial charge in [-0.25, -0.2) is 19.6 Å². The van der Waals surface area contributed by atoms with Crippen molar-refractivity contribution in [1.82, 2.24) is 19.9 Å². The SMILES string of the molecule is O=C(O)c1ncc[nH]1.O=C(O)c1ncc[nH]1.[Co]. The zero-order valence-electron chi connectivity index (χ0n) is 8.25. The van der Waals surface area contributed by atoms with E-state index in [1.807, 2.05) is 0 Å². The Bertz CT molecular complexity index is 410. The zero-order valence-corrected chi connectivity index (χ0v) is 9.29. The van der Waals surface area contributed by atoms with Crippen molar-refractivity contribution in [2.24, 2.45) is 0 Å². The smallest absolute Gasteiger partial charge is 0.371 e. The quantitative estimate of drug-likeness (QED) is 0.623. The summed E-state index contributed by atoms with van der Waals surface area (Å²) in [5.74, 6) is -2.11. The minimum Gasteiger partial charge on any atom is -0.475 e. The maximum Gasteiger partial charge on any atom is 0.371 e. The molecule has 93 valence electrons. The molecule has 0 saturated carbocycles. The molecule has 2 aromatic rings. The summed E-state index contributed by atoms with van der Waals surface area (Å²) in [6, 6.07) is 0. The van der Waals surface area contributed by atoms with Gasteiger partial charge in [0.25, 0.3) is 0 Å². The molecule has 1 radical (unpaired) electrons. The van der Waals surface area contributed by atoms with Gasteiger partial charge in [0.05, 0.1) is 0 Å². The van der Waals surface area contributed by atoms with Crippen LogP contribution in [0.2, 0.25) is 0 Å². The van der Waals surface area contributed by atoms with Gasteiger partial charge in [-0.05, 0) is 0 Å². The van der Waals surface area contributed by atoms with Gasteiger partial charge in [-0.3, -0.25) is 0 Å². The van der Waals surface area contributed by atoms with E-state index >= 15 is 0 Å². The van der Waals surface area contributed by atoms with Crippen LogP contribution in [0.25, 0.3) is 0 Å². The van der Waals surface area contributed by atoms with Gasteiger partial charge in [-0.15, -0.1) is 0 Å². The second kappa shape index (κ2) is 7.19. The molecule has 9 heteroatoms. The van der Waals surface area contributed by atoms with E-state index in [-0.39, 0.29) is 28.4 Å². The topological polar surface area (TPSA) is 132 Å². The third-order valence-corrected chi connectivity index (χ3v) is 1.40. The molecular formula is C8H8CoN4O4. The number of nitrogens with one attached hydrogen (secondary N) is 2. The number of carboxylic acid groups (broad SMARTS) is 2. The molecule has 17 heavy (non-hydrogen) atoms. The first-order chi connectivity index (χ1) is 7.61. The van der Waals surface area contributed by atoms with Crippen molar-refractivity contribution in [3.63, 3.8) is 0 Å². The van der Waals surface area contributed by atoms with Crippen molar-refractivity contribution in [1.29, 1.82) is 0 Å². The second-order valence-corrected chi connectivity index (χ2v) is 2.49. The van der Waals surface area contributed by atoms with Gasteiger partial charge in [0.15, 0.2) is 0 Å². The molecule has 0 fully saturated rings. The Morgan fingerprint density at radius 2 is 1.29 bits per heavy atom. The van der Waals surface area contributed by atoms with Crippen LogP contribution in [0, 0.1) is 0 Å². The first-order valence-corrected chi connectivity index (χ1v) is 4.06. The van der Waals surface area contributed by atoms with Gasteiger partial charge in [0, 0.05) is 41.6 Å². The van der Waals surface area contributed by atoms with Crippen molar-refractivity contribution < 1.29 is 36.6 Å². The van der Waals surface area contributed by atoms with Gasteiger partial charge in [0.2, 0.25) is 11.6 Å². The number of hydrogen-bond donors (Lipinski definition) is 4.